The van der Waals surface area contributed by atoms with Crippen molar-refractivity contribution in [1.29, 1.82) is 0 Å². The summed E-state index contributed by atoms with van der Waals surface area (Å²) in [5.74, 6) is -0.274. The highest BCUT2D eigenvalue weighted by Gasteiger charge is 2.17. The number of nitrogens with two attached hydrogens (primary N) is 1. The Morgan fingerprint density at radius 2 is 1.75 bits per heavy atom. The Morgan fingerprint density at radius 1 is 1.00 bits per heavy atom. The van der Waals surface area contributed by atoms with Crippen LogP contribution in [0.3, 0.4) is 0 Å². The highest BCUT2D eigenvalue weighted by Crippen LogP contribution is 2.21. The minimum Gasteiger partial charge on any atom is -0.496 e. The van der Waals surface area contributed by atoms with Gasteiger partial charge >= 0.3 is 12.1 Å². The minimum absolute atomic E-state index is 0.110. The van der Waals surface area contributed by atoms with Gasteiger partial charge in [-0.3, -0.25) is 4.79 Å². The van der Waals surface area contributed by atoms with E-state index in [2.05, 4.69) is 5.32 Å². The molecule has 2 rings (SSSR count). The third kappa shape index (κ3) is 8.03. The molecule has 0 aliphatic rings. The molecule has 2 aromatic carbocycles. The van der Waals surface area contributed by atoms with E-state index in [9.17, 15) is 14.4 Å². The number of nitrogens with one attached hydrogen (secondary N) is 1. The number of rotatable bonds is 12. The highest BCUT2D eigenvalue weighted by atomic mass is 16.5. The van der Waals surface area contributed by atoms with Crippen molar-refractivity contribution < 1.29 is 28.6 Å². The summed E-state index contributed by atoms with van der Waals surface area (Å²) in [7, 11) is 2.74. The maximum Gasteiger partial charge on any atom is 0.407 e. The SMILES string of the molecule is COC(=O)c1cc(CC(=O)[C@@H](N)CCCCNC(=O)OCc2ccccc2)ccc1OC. The Kier molecular flexibility index (Phi) is 10.2. The van der Waals surface area contributed by atoms with Crippen LogP contribution in [-0.4, -0.2) is 44.7 Å². The van der Waals surface area contributed by atoms with Gasteiger partial charge in [-0.2, -0.15) is 0 Å². The van der Waals surface area contributed by atoms with Crippen LogP contribution in [0, 0.1) is 0 Å². The average molecular weight is 443 g/mol. The second kappa shape index (κ2) is 13.1. The van der Waals surface area contributed by atoms with Gasteiger partial charge in [-0.05, 0) is 42.5 Å². The fraction of sp³-hybridized carbons (Fsp3) is 0.375. The van der Waals surface area contributed by atoms with E-state index in [0.717, 1.165) is 5.56 Å². The van der Waals surface area contributed by atoms with Crippen molar-refractivity contribution in [3.8, 4) is 5.75 Å². The van der Waals surface area contributed by atoms with Crippen molar-refractivity contribution in [2.75, 3.05) is 20.8 Å². The Labute approximate surface area is 188 Å². The molecule has 8 nitrogen and oxygen atoms in total. The van der Waals surface area contributed by atoms with Crippen molar-refractivity contribution in [2.45, 2.75) is 38.3 Å². The first-order valence-corrected chi connectivity index (χ1v) is 10.4. The van der Waals surface area contributed by atoms with E-state index in [1.54, 1.807) is 18.2 Å². The molecule has 0 aliphatic carbocycles. The fourth-order valence-corrected chi connectivity index (χ4v) is 3.08. The van der Waals surface area contributed by atoms with Gasteiger partial charge in [0.25, 0.3) is 0 Å². The summed E-state index contributed by atoms with van der Waals surface area (Å²) in [5, 5.41) is 2.69. The number of benzene rings is 2. The Bertz CT molecular complexity index is 901. The molecule has 0 radical (unpaired) electrons. The molecule has 0 heterocycles. The molecule has 172 valence electrons. The Hall–Kier alpha value is -3.39. The summed E-state index contributed by atoms with van der Waals surface area (Å²) < 4.78 is 15.0. The van der Waals surface area contributed by atoms with Crippen LogP contribution >= 0.6 is 0 Å². The Balaban J connectivity index is 1.68. The van der Waals surface area contributed by atoms with E-state index in [0.29, 0.717) is 37.1 Å². The van der Waals surface area contributed by atoms with Gasteiger partial charge in [0.1, 0.15) is 17.9 Å². The lowest BCUT2D eigenvalue weighted by atomic mass is 9.98. The molecule has 1 atom stereocenters. The zero-order valence-corrected chi connectivity index (χ0v) is 18.5. The summed E-state index contributed by atoms with van der Waals surface area (Å²) in [5.41, 5.74) is 7.87. The number of Topliss-reactive ketones (excluding diaryl/α,β-unsaturated/α-hetero) is 1. The number of carbonyl (C=O) groups is 3. The lowest BCUT2D eigenvalue weighted by Crippen LogP contribution is -2.32. The molecule has 0 unspecified atom stereocenters. The zero-order valence-electron chi connectivity index (χ0n) is 18.5. The number of unbranched alkanes of at least 4 members (excludes halogenated alkanes) is 1. The summed E-state index contributed by atoms with van der Waals surface area (Å²) >= 11 is 0. The molecule has 2 aromatic rings. The van der Waals surface area contributed by atoms with E-state index in [1.165, 1.54) is 14.2 Å². The van der Waals surface area contributed by atoms with Crippen LogP contribution in [0.4, 0.5) is 4.79 Å². The zero-order chi connectivity index (χ0) is 23.3. The van der Waals surface area contributed by atoms with Crippen molar-refractivity contribution in [3.05, 3.63) is 65.2 Å². The normalized spacial score (nSPS) is 11.3. The number of amides is 1. The van der Waals surface area contributed by atoms with Crippen molar-refractivity contribution >= 4 is 17.8 Å². The van der Waals surface area contributed by atoms with Crippen LogP contribution in [0.5, 0.6) is 5.75 Å². The van der Waals surface area contributed by atoms with Gasteiger partial charge in [0.2, 0.25) is 0 Å². The van der Waals surface area contributed by atoms with E-state index in [1.807, 2.05) is 30.3 Å². The van der Waals surface area contributed by atoms with E-state index >= 15 is 0 Å². The number of alkyl carbamates (subject to hydrolysis) is 1. The smallest absolute Gasteiger partial charge is 0.407 e. The van der Waals surface area contributed by atoms with Gasteiger partial charge in [-0.15, -0.1) is 0 Å². The maximum absolute atomic E-state index is 12.4. The molecular weight excluding hydrogens is 412 g/mol. The third-order valence-corrected chi connectivity index (χ3v) is 4.89. The molecule has 1 amide bonds. The minimum atomic E-state index is -0.622. The lowest BCUT2D eigenvalue weighted by Gasteiger charge is -2.12. The molecule has 32 heavy (non-hydrogen) atoms. The van der Waals surface area contributed by atoms with E-state index in [4.69, 9.17) is 19.9 Å². The highest BCUT2D eigenvalue weighted by molar-refractivity contribution is 5.93. The topological polar surface area (TPSA) is 117 Å². The van der Waals surface area contributed by atoms with Crippen LogP contribution in [0.2, 0.25) is 0 Å². The number of hydrogen-bond donors (Lipinski definition) is 2. The first-order chi connectivity index (χ1) is 15.4. The largest absolute Gasteiger partial charge is 0.496 e. The molecule has 0 saturated carbocycles. The number of esters is 1. The molecule has 0 fully saturated rings. The number of methoxy groups -OCH3 is 2. The van der Waals surface area contributed by atoms with Crippen molar-refractivity contribution in [2.24, 2.45) is 5.73 Å². The second-order valence-corrected chi connectivity index (χ2v) is 7.26. The van der Waals surface area contributed by atoms with Gasteiger partial charge in [0, 0.05) is 13.0 Å². The molecule has 0 aliphatic heterocycles. The molecule has 0 aromatic heterocycles. The number of carbonyl (C=O) groups excluding carboxylic acids is 3. The third-order valence-electron chi connectivity index (χ3n) is 4.89. The Morgan fingerprint density at radius 3 is 2.44 bits per heavy atom. The van der Waals surface area contributed by atoms with Crippen LogP contribution in [0.25, 0.3) is 0 Å². The summed E-state index contributed by atoms with van der Waals surface area (Å²) in [6, 6.07) is 13.7. The van der Waals surface area contributed by atoms with Gasteiger partial charge in [-0.1, -0.05) is 36.4 Å². The van der Waals surface area contributed by atoms with E-state index < -0.39 is 18.1 Å². The average Bonchev–Trinajstić information content (AvgIpc) is 2.82. The van der Waals surface area contributed by atoms with Gasteiger partial charge in [0.05, 0.1) is 20.3 Å². The summed E-state index contributed by atoms with van der Waals surface area (Å²) in [6.07, 6.45) is 1.49. The molecule has 0 spiro atoms. The number of ether oxygens (including phenoxy) is 3. The van der Waals surface area contributed by atoms with Gasteiger partial charge in [0.15, 0.2) is 5.78 Å². The molecular formula is C24H30N2O6. The maximum atomic E-state index is 12.4. The van der Waals surface area contributed by atoms with E-state index in [-0.39, 0.29) is 24.4 Å². The predicted molar refractivity (Wildman–Crippen MR) is 120 cm³/mol. The molecule has 3 N–H and O–H groups in total. The summed E-state index contributed by atoms with van der Waals surface area (Å²) in [4.78, 5) is 36.0. The lowest BCUT2D eigenvalue weighted by molar-refractivity contribution is -0.119. The molecule has 0 saturated heterocycles. The second-order valence-electron chi connectivity index (χ2n) is 7.26. The first-order valence-electron chi connectivity index (χ1n) is 10.4. The first kappa shape index (κ1) is 24.9. The van der Waals surface area contributed by atoms with Crippen molar-refractivity contribution in [1.82, 2.24) is 5.32 Å². The van der Waals surface area contributed by atoms with Crippen LogP contribution in [-0.2, 0) is 27.3 Å². The van der Waals surface area contributed by atoms with Gasteiger partial charge in [-0.25, -0.2) is 9.59 Å². The fourth-order valence-electron chi connectivity index (χ4n) is 3.08. The quantitative estimate of drug-likeness (QED) is 0.383. The summed E-state index contributed by atoms with van der Waals surface area (Å²) in [6.45, 7) is 0.657. The molecule has 8 heteroatoms. The van der Waals surface area contributed by atoms with Crippen molar-refractivity contribution in [3.63, 3.8) is 0 Å². The van der Waals surface area contributed by atoms with Gasteiger partial charge < -0.3 is 25.3 Å². The van der Waals surface area contributed by atoms with Crippen LogP contribution in [0.15, 0.2) is 48.5 Å². The van der Waals surface area contributed by atoms with Crippen LogP contribution in [0.1, 0.15) is 40.7 Å². The number of ketones is 1. The number of hydrogen-bond acceptors (Lipinski definition) is 7. The standard InChI is InChI=1S/C24H30N2O6/c1-30-22-12-11-18(14-19(22)23(28)31-2)15-21(27)20(25)10-6-7-13-26-24(29)32-16-17-8-4-3-5-9-17/h3-5,8-9,11-12,14,20H,6-7,10,13,15-16,25H2,1-2H3,(H,26,29)/t20-/m0/s1. The molecule has 0 bridgehead atoms. The monoisotopic (exact) mass is 442 g/mol. The van der Waals surface area contributed by atoms with Crippen LogP contribution < -0.4 is 15.8 Å². The predicted octanol–water partition coefficient (Wildman–Crippen LogP) is 3.02.